The van der Waals surface area contributed by atoms with E-state index in [1.807, 2.05) is 18.2 Å². The molecular formula is C26H36N6O9. The van der Waals surface area contributed by atoms with Crippen LogP contribution in [-0.4, -0.2) is 86.6 Å². The monoisotopic (exact) mass is 576 g/mol. The van der Waals surface area contributed by atoms with E-state index in [1.165, 1.54) is 0 Å². The van der Waals surface area contributed by atoms with Crippen molar-refractivity contribution < 1.29 is 44.1 Å². The van der Waals surface area contributed by atoms with Crippen LogP contribution in [0.3, 0.4) is 0 Å². The van der Waals surface area contributed by atoms with Crippen LogP contribution in [0.25, 0.3) is 10.9 Å². The Hall–Kier alpha value is -4.50. The number of carboxylic acids is 3. The predicted molar refractivity (Wildman–Crippen MR) is 145 cm³/mol. The average Bonchev–Trinajstić information content (AvgIpc) is 3.32. The van der Waals surface area contributed by atoms with Crippen LogP contribution in [0, 0.1) is 0 Å². The molecule has 0 aliphatic heterocycles. The Kier molecular flexibility index (Phi) is 12.7. The van der Waals surface area contributed by atoms with Crippen molar-refractivity contribution in [1.29, 1.82) is 0 Å². The first-order chi connectivity index (χ1) is 19.4. The van der Waals surface area contributed by atoms with Crippen LogP contribution in [0.5, 0.6) is 0 Å². The number of para-hydroxylation sites is 1. The van der Waals surface area contributed by atoms with Gasteiger partial charge in [0.05, 0.1) is 12.5 Å². The molecular weight excluding hydrogens is 540 g/mol. The molecule has 4 unspecified atom stereocenters. The topological polar surface area (TPSA) is 267 Å². The number of aliphatic carboxylic acids is 3. The largest absolute Gasteiger partial charge is 0.481 e. The maximum atomic E-state index is 13.5. The number of nitrogens with one attached hydrogen (secondary N) is 4. The number of fused-ring (bicyclic) bond motifs is 1. The van der Waals surface area contributed by atoms with Gasteiger partial charge in [-0.2, -0.15) is 0 Å². The maximum absolute atomic E-state index is 13.5. The summed E-state index contributed by atoms with van der Waals surface area (Å²) in [7, 11) is 0. The number of carbonyl (C=O) groups is 6. The highest BCUT2D eigenvalue weighted by molar-refractivity contribution is 5.95. The fourth-order valence-electron chi connectivity index (χ4n) is 4.10. The molecule has 11 N–H and O–H groups in total. The van der Waals surface area contributed by atoms with Crippen LogP contribution in [0.15, 0.2) is 30.5 Å². The molecule has 224 valence electrons. The van der Waals surface area contributed by atoms with Crippen LogP contribution in [0.1, 0.15) is 44.1 Å². The molecule has 0 bridgehead atoms. The number of hydrogen-bond donors (Lipinski definition) is 9. The van der Waals surface area contributed by atoms with Crippen LogP contribution in [0.2, 0.25) is 0 Å². The highest BCUT2D eigenvalue weighted by Crippen LogP contribution is 2.19. The highest BCUT2D eigenvalue weighted by atomic mass is 16.4. The lowest BCUT2D eigenvalue weighted by Gasteiger charge is -2.25. The fraction of sp³-hybridized carbons (Fsp3) is 0.462. The first kappa shape index (κ1) is 32.7. The number of aromatic amines is 1. The summed E-state index contributed by atoms with van der Waals surface area (Å²) in [5.41, 5.74) is 12.8. The van der Waals surface area contributed by atoms with Crippen molar-refractivity contribution >= 4 is 46.5 Å². The Bertz CT molecular complexity index is 1250. The molecule has 1 heterocycles. The number of unbranched alkanes of at least 4 members (excludes halogenated alkanes) is 1. The molecule has 0 aliphatic carbocycles. The standard InChI is InChI=1S/C26H36N6O9/c27-10-4-3-7-18(24(38)32-20(26(40)41)12-22(35)36)30-25(39)19(31-23(37)16(28)8-9-21(33)34)11-14-13-29-17-6-2-1-5-15(14)17/h1-2,5-6,13,16,18-20,29H,3-4,7-12,27-28H2,(H,30,39)(H,31,37)(H,32,38)(H,33,34)(H,35,36)(H,40,41). The van der Waals surface area contributed by atoms with Crippen molar-refractivity contribution in [2.24, 2.45) is 11.5 Å². The summed E-state index contributed by atoms with van der Waals surface area (Å²) in [6.07, 6.45) is 1.15. The summed E-state index contributed by atoms with van der Waals surface area (Å²) in [6, 6.07) is 1.77. The van der Waals surface area contributed by atoms with E-state index in [-0.39, 0.29) is 25.7 Å². The van der Waals surface area contributed by atoms with E-state index in [9.17, 15) is 33.9 Å². The highest BCUT2D eigenvalue weighted by Gasteiger charge is 2.31. The molecule has 4 atom stereocenters. The quantitative estimate of drug-likeness (QED) is 0.0976. The zero-order valence-corrected chi connectivity index (χ0v) is 22.3. The Morgan fingerprint density at radius 2 is 1.44 bits per heavy atom. The van der Waals surface area contributed by atoms with Gasteiger partial charge < -0.3 is 47.7 Å². The van der Waals surface area contributed by atoms with E-state index >= 15 is 0 Å². The van der Waals surface area contributed by atoms with Crippen molar-refractivity contribution in [1.82, 2.24) is 20.9 Å². The third-order valence-electron chi connectivity index (χ3n) is 6.31. The number of carboxylic acid groups (broad SMARTS) is 3. The number of H-pyrrole nitrogens is 1. The molecule has 0 spiro atoms. The second kappa shape index (κ2) is 15.9. The summed E-state index contributed by atoms with van der Waals surface area (Å²) in [5, 5.41) is 35.2. The number of carbonyl (C=O) groups excluding carboxylic acids is 3. The van der Waals surface area contributed by atoms with Crippen LogP contribution in [0.4, 0.5) is 0 Å². The molecule has 3 amide bonds. The van der Waals surface area contributed by atoms with Gasteiger partial charge >= 0.3 is 17.9 Å². The van der Waals surface area contributed by atoms with Crippen LogP contribution >= 0.6 is 0 Å². The second-order valence-corrected chi connectivity index (χ2v) is 9.51. The fourth-order valence-corrected chi connectivity index (χ4v) is 4.10. The molecule has 1 aromatic heterocycles. The third kappa shape index (κ3) is 10.5. The zero-order valence-electron chi connectivity index (χ0n) is 22.3. The van der Waals surface area contributed by atoms with Gasteiger partial charge in [-0.15, -0.1) is 0 Å². The lowest BCUT2D eigenvalue weighted by Crippen LogP contribution is -2.57. The van der Waals surface area contributed by atoms with Crippen LogP contribution < -0.4 is 27.4 Å². The van der Waals surface area contributed by atoms with Crippen molar-refractivity contribution in [3.05, 3.63) is 36.0 Å². The lowest BCUT2D eigenvalue weighted by molar-refractivity contribution is -0.147. The number of rotatable bonds is 18. The van der Waals surface area contributed by atoms with Gasteiger partial charge in [0, 0.05) is 29.9 Å². The number of aromatic nitrogens is 1. The number of amides is 3. The molecule has 0 aliphatic rings. The van der Waals surface area contributed by atoms with E-state index < -0.39 is 66.2 Å². The van der Waals surface area contributed by atoms with Crippen LogP contribution in [-0.2, 0) is 35.2 Å². The van der Waals surface area contributed by atoms with Crippen molar-refractivity contribution in [2.45, 2.75) is 69.1 Å². The Morgan fingerprint density at radius 3 is 2.07 bits per heavy atom. The predicted octanol–water partition coefficient (Wildman–Crippen LogP) is -0.955. The van der Waals surface area contributed by atoms with E-state index in [0.717, 1.165) is 10.9 Å². The smallest absolute Gasteiger partial charge is 0.326 e. The second-order valence-electron chi connectivity index (χ2n) is 9.51. The van der Waals surface area contributed by atoms with E-state index in [4.69, 9.17) is 21.7 Å². The summed E-state index contributed by atoms with van der Waals surface area (Å²) in [6.45, 7) is 0.298. The summed E-state index contributed by atoms with van der Waals surface area (Å²) >= 11 is 0. The number of nitrogens with two attached hydrogens (primary N) is 2. The molecule has 1 aromatic carbocycles. The lowest BCUT2D eigenvalue weighted by atomic mass is 10.0. The van der Waals surface area contributed by atoms with Gasteiger partial charge in [0.15, 0.2) is 0 Å². The molecule has 0 fully saturated rings. The minimum Gasteiger partial charge on any atom is -0.481 e. The summed E-state index contributed by atoms with van der Waals surface area (Å²) in [5.74, 6) is -6.63. The minimum atomic E-state index is -1.73. The van der Waals surface area contributed by atoms with Gasteiger partial charge in [-0.1, -0.05) is 18.2 Å². The van der Waals surface area contributed by atoms with E-state index in [1.54, 1.807) is 12.3 Å². The van der Waals surface area contributed by atoms with Gasteiger partial charge in [-0.3, -0.25) is 24.0 Å². The van der Waals surface area contributed by atoms with Crippen molar-refractivity contribution in [2.75, 3.05) is 6.54 Å². The molecule has 0 saturated carbocycles. The van der Waals surface area contributed by atoms with Gasteiger partial charge in [0.25, 0.3) is 0 Å². The Morgan fingerprint density at radius 1 is 0.805 bits per heavy atom. The van der Waals surface area contributed by atoms with Gasteiger partial charge in [-0.25, -0.2) is 4.79 Å². The summed E-state index contributed by atoms with van der Waals surface area (Å²) < 4.78 is 0. The molecule has 41 heavy (non-hydrogen) atoms. The van der Waals surface area contributed by atoms with Gasteiger partial charge in [-0.05, 0) is 43.9 Å². The molecule has 2 aromatic rings. The number of benzene rings is 1. The summed E-state index contributed by atoms with van der Waals surface area (Å²) in [4.78, 5) is 75.7. The maximum Gasteiger partial charge on any atom is 0.326 e. The SMILES string of the molecule is NCCCCC(NC(=O)C(Cc1c[nH]c2ccccc12)NC(=O)C(N)CCC(=O)O)C(=O)NC(CC(=O)O)C(=O)O. The first-order valence-electron chi connectivity index (χ1n) is 13.0. The first-order valence-corrected chi connectivity index (χ1v) is 13.0. The molecule has 0 saturated heterocycles. The van der Waals surface area contributed by atoms with Gasteiger partial charge in [0.1, 0.15) is 18.1 Å². The van der Waals surface area contributed by atoms with Gasteiger partial charge in [0.2, 0.25) is 17.7 Å². The molecule has 15 heteroatoms. The van der Waals surface area contributed by atoms with E-state index in [0.29, 0.717) is 24.9 Å². The molecule has 0 radical (unpaired) electrons. The average molecular weight is 577 g/mol. The Labute approximate surface area is 235 Å². The van der Waals surface area contributed by atoms with Crippen molar-refractivity contribution in [3.63, 3.8) is 0 Å². The minimum absolute atomic E-state index is 0.0266. The number of hydrogen-bond acceptors (Lipinski definition) is 8. The molecule has 2 rings (SSSR count). The van der Waals surface area contributed by atoms with Crippen molar-refractivity contribution in [3.8, 4) is 0 Å². The van der Waals surface area contributed by atoms with E-state index in [2.05, 4.69) is 20.9 Å². The third-order valence-corrected chi connectivity index (χ3v) is 6.31. The zero-order chi connectivity index (χ0) is 30.5. The Balaban J connectivity index is 2.30. The normalized spacial score (nSPS) is 13.9. The molecule has 15 nitrogen and oxygen atoms in total.